The maximum Gasteiger partial charge on any atom is 0.343 e. The second kappa shape index (κ2) is 6.51. The molecule has 0 spiro atoms. The summed E-state index contributed by atoms with van der Waals surface area (Å²) in [5.41, 5.74) is 0.409. The van der Waals surface area contributed by atoms with Gasteiger partial charge in [0.25, 0.3) is 0 Å². The Kier molecular flexibility index (Phi) is 4.42. The van der Waals surface area contributed by atoms with Crippen molar-refractivity contribution in [2.75, 3.05) is 25.1 Å². The predicted octanol–water partition coefficient (Wildman–Crippen LogP) is 3.42. The highest BCUT2D eigenvalue weighted by molar-refractivity contribution is 5.99. The number of aromatic nitrogens is 1. The van der Waals surface area contributed by atoms with Crippen LogP contribution in [-0.4, -0.2) is 36.4 Å². The molecule has 1 aromatic carbocycles. The third kappa shape index (κ3) is 2.93. The Morgan fingerprint density at radius 3 is 2.96 bits per heavy atom. The lowest BCUT2D eigenvalue weighted by Crippen LogP contribution is -2.35. The Bertz CT molecular complexity index is 759. The van der Waals surface area contributed by atoms with Gasteiger partial charge in [-0.25, -0.2) is 9.18 Å². The number of hydrogen-bond acceptors (Lipinski definition) is 5. The zero-order valence-corrected chi connectivity index (χ0v) is 13.6. The number of ether oxygens (including phenoxy) is 1. The molecule has 1 aliphatic rings. The average Bonchev–Trinajstić information content (AvgIpc) is 3.00. The van der Waals surface area contributed by atoms with Gasteiger partial charge in [-0.1, -0.05) is 12.1 Å². The van der Waals surface area contributed by atoms with Crippen molar-refractivity contribution in [3.63, 3.8) is 0 Å². The van der Waals surface area contributed by atoms with E-state index in [0.29, 0.717) is 17.3 Å². The number of nitrogens with zero attached hydrogens (tertiary/aromatic N) is 2. The highest BCUT2D eigenvalue weighted by Crippen LogP contribution is 2.35. The van der Waals surface area contributed by atoms with Crippen LogP contribution in [0.25, 0.3) is 11.3 Å². The largest absolute Gasteiger partial charge is 0.494 e. The predicted molar refractivity (Wildman–Crippen MR) is 86.0 cm³/mol. The Morgan fingerprint density at radius 1 is 1.50 bits per heavy atom. The fraction of sp³-hybridized carbons (Fsp3) is 0.412. The highest BCUT2D eigenvalue weighted by atomic mass is 19.1. The summed E-state index contributed by atoms with van der Waals surface area (Å²) >= 11 is 0. The van der Waals surface area contributed by atoms with E-state index in [1.165, 1.54) is 25.3 Å². The van der Waals surface area contributed by atoms with Crippen LogP contribution < -0.4 is 9.64 Å². The standard InChI is InChI=1S/C17H19FN2O4/c1-10-4-3-7-20(9-10)16-14(17(21)22)15(24-19-16)11-5-6-12(18)13(8-11)23-2/h5-6,8,10H,3-4,7,9H2,1-2H3,(H,21,22). The van der Waals surface area contributed by atoms with E-state index in [2.05, 4.69) is 12.1 Å². The topological polar surface area (TPSA) is 75.8 Å². The minimum atomic E-state index is -1.12. The summed E-state index contributed by atoms with van der Waals surface area (Å²) in [5.74, 6) is -0.730. The summed E-state index contributed by atoms with van der Waals surface area (Å²) in [7, 11) is 1.35. The molecule has 2 aromatic rings. The molecule has 0 aliphatic carbocycles. The van der Waals surface area contributed by atoms with Gasteiger partial charge in [-0.3, -0.25) is 0 Å². The molecule has 2 heterocycles. The molecule has 1 fully saturated rings. The van der Waals surface area contributed by atoms with Gasteiger partial charge >= 0.3 is 5.97 Å². The van der Waals surface area contributed by atoms with E-state index in [1.54, 1.807) is 0 Å². The summed E-state index contributed by atoms with van der Waals surface area (Å²) < 4.78 is 23.9. The average molecular weight is 334 g/mol. The van der Waals surface area contributed by atoms with E-state index in [4.69, 9.17) is 9.26 Å². The summed E-state index contributed by atoms with van der Waals surface area (Å²) in [5, 5.41) is 13.6. The molecule has 3 rings (SSSR count). The second-order valence-electron chi connectivity index (χ2n) is 6.06. The molecule has 1 aromatic heterocycles. The molecule has 0 saturated carbocycles. The molecule has 0 bridgehead atoms. The first kappa shape index (κ1) is 16.3. The normalized spacial score (nSPS) is 17.8. The number of aromatic carboxylic acids is 1. The lowest BCUT2D eigenvalue weighted by atomic mass is 9.99. The summed E-state index contributed by atoms with van der Waals surface area (Å²) in [4.78, 5) is 13.7. The van der Waals surface area contributed by atoms with Crippen molar-refractivity contribution in [1.29, 1.82) is 0 Å². The van der Waals surface area contributed by atoms with Gasteiger partial charge < -0.3 is 19.3 Å². The van der Waals surface area contributed by atoms with Crippen LogP contribution in [0, 0.1) is 11.7 Å². The van der Waals surface area contributed by atoms with E-state index >= 15 is 0 Å². The van der Waals surface area contributed by atoms with Gasteiger partial charge in [0.15, 0.2) is 28.7 Å². The summed E-state index contributed by atoms with van der Waals surface area (Å²) in [6.45, 7) is 3.60. The van der Waals surface area contributed by atoms with E-state index in [-0.39, 0.29) is 17.1 Å². The molecule has 1 saturated heterocycles. The molecule has 6 nitrogen and oxygen atoms in total. The summed E-state index contributed by atoms with van der Waals surface area (Å²) in [6.07, 6.45) is 2.09. The van der Waals surface area contributed by atoms with Crippen LogP contribution in [0.3, 0.4) is 0 Å². The van der Waals surface area contributed by atoms with Crippen LogP contribution in [0.2, 0.25) is 0 Å². The van der Waals surface area contributed by atoms with Crippen LogP contribution in [0.5, 0.6) is 5.75 Å². The molecule has 1 atom stereocenters. The van der Waals surface area contributed by atoms with Crippen molar-refractivity contribution in [3.05, 3.63) is 29.6 Å². The van der Waals surface area contributed by atoms with Crippen molar-refractivity contribution in [1.82, 2.24) is 5.16 Å². The number of carbonyl (C=O) groups is 1. The van der Waals surface area contributed by atoms with Gasteiger partial charge in [0, 0.05) is 18.7 Å². The molecule has 1 N–H and O–H groups in total. The monoisotopic (exact) mass is 334 g/mol. The van der Waals surface area contributed by atoms with Crippen LogP contribution in [-0.2, 0) is 0 Å². The molecule has 0 radical (unpaired) electrons. The molecule has 0 amide bonds. The lowest BCUT2D eigenvalue weighted by molar-refractivity contribution is 0.0697. The third-order valence-electron chi connectivity index (χ3n) is 4.26. The van der Waals surface area contributed by atoms with Gasteiger partial charge in [0.05, 0.1) is 7.11 Å². The highest BCUT2D eigenvalue weighted by Gasteiger charge is 2.29. The Labute approximate surface area is 138 Å². The van der Waals surface area contributed by atoms with Gasteiger partial charge in [0.2, 0.25) is 0 Å². The molecule has 24 heavy (non-hydrogen) atoms. The minimum absolute atomic E-state index is 0.00207. The SMILES string of the molecule is COc1cc(-c2onc(N3CCCC(C)C3)c2C(=O)O)ccc1F. The van der Waals surface area contributed by atoms with Crippen molar-refractivity contribution in [3.8, 4) is 17.1 Å². The molecule has 1 aliphatic heterocycles. The van der Waals surface area contributed by atoms with Crippen LogP contribution >= 0.6 is 0 Å². The first-order valence-electron chi connectivity index (χ1n) is 7.83. The first-order chi connectivity index (χ1) is 11.5. The Morgan fingerprint density at radius 2 is 2.29 bits per heavy atom. The summed E-state index contributed by atoms with van der Waals surface area (Å²) in [6, 6.07) is 4.07. The van der Waals surface area contributed by atoms with Crippen molar-refractivity contribution in [2.45, 2.75) is 19.8 Å². The molecule has 128 valence electrons. The third-order valence-corrected chi connectivity index (χ3v) is 4.26. The smallest absolute Gasteiger partial charge is 0.343 e. The number of piperidine rings is 1. The number of anilines is 1. The maximum absolute atomic E-state index is 13.6. The first-order valence-corrected chi connectivity index (χ1v) is 7.83. The Hall–Kier alpha value is -2.57. The fourth-order valence-corrected chi connectivity index (χ4v) is 3.07. The van der Waals surface area contributed by atoms with Crippen molar-refractivity contribution in [2.24, 2.45) is 5.92 Å². The van der Waals surface area contributed by atoms with Gasteiger partial charge in [-0.15, -0.1) is 0 Å². The molecule has 7 heteroatoms. The molecular weight excluding hydrogens is 315 g/mol. The molecule has 1 unspecified atom stereocenters. The number of carboxylic acids is 1. The van der Waals surface area contributed by atoms with Gasteiger partial charge in [-0.2, -0.15) is 0 Å². The lowest BCUT2D eigenvalue weighted by Gasteiger charge is -2.30. The zero-order chi connectivity index (χ0) is 17.3. The second-order valence-corrected chi connectivity index (χ2v) is 6.06. The number of benzene rings is 1. The fourth-order valence-electron chi connectivity index (χ4n) is 3.07. The minimum Gasteiger partial charge on any atom is -0.494 e. The van der Waals surface area contributed by atoms with Crippen LogP contribution in [0.4, 0.5) is 10.2 Å². The molecular formula is C17H19FN2O4. The number of carboxylic acid groups (broad SMARTS) is 1. The van der Waals surface area contributed by atoms with E-state index in [9.17, 15) is 14.3 Å². The van der Waals surface area contributed by atoms with E-state index in [1.807, 2.05) is 4.90 Å². The van der Waals surface area contributed by atoms with Gasteiger partial charge in [-0.05, 0) is 37.0 Å². The van der Waals surface area contributed by atoms with Crippen LogP contribution in [0.15, 0.2) is 22.7 Å². The number of hydrogen-bond donors (Lipinski definition) is 1. The zero-order valence-electron chi connectivity index (χ0n) is 13.6. The van der Waals surface area contributed by atoms with E-state index < -0.39 is 11.8 Å². The number of methoxy groups -OCH3 is 1. The number of halogens is 1. The maximum atomic E-state index is 13.6. The van der Waals surface area contributed by atoms with Crippen molar-refractivity contribution < 1.29 is 23.6 Å². The van der Waals surface area contributed by atoms with Gasteiger partial charge in [0.1, 0.15) is 0 Å². The quantitative estimate of drug-likeness (QED) is 0.923. The Balaban J connectivity index is 2.05. The van der Waals surface area contributed by atoms with Crippen molar-refractivity contribution >= 4 is 11.8 Å². The van der Waals surface area contributed by atoms with Crippen LogP contribution in [0.1, 0.15) is 30.1 Å². The number of rotatable bonds is 4. The van der Waals surface area contributed by atoms with E-state index in [0.717, 1.165) is 25.9 Å².